The molecule has 1 aromatic rings. The van der Waals surface area contributed by atoms with Crippen molar-refractivity contribution in [2.75, 3.05) is 33.4 Å². The molecule has 1 unspecified atom stereocenters. The van der Waals surface area contributed by atoms with Gasteiger partial charge in [-0.25, -0.2) is 0 Å². The molecule has 1 aliphatic rings. The van der Waals surface area contributed by atoms with E-state index in [0.29, 0.717) is 12.6 Å². The predicted molar refractivity (Wildman–Crippen MR) is 81.1 cm³/mol. The van der Waals surface area contributed by atoms with Crippen molar-refractivity contribution in [1.82, 2.24) is 10.2 Å². The second-order valence-electron chi connectivity index (χ2n) is 5.75. The van der Waals surface area contributed by atoms with Crippen molar-refractivity contribution in [2.24, 2.45) is 0 Å². The lowest BCUT2D eigenvalue weighted by Crippen LogP contribution is -2.42. The fraction of sp³-hybridized carbons (Fsp3) is 0.625. The molecule has 4 nitrogen and oxygen atoms in total. The molecule has 0 aromatic heterocycles. The predicted octanol–water partition coefficient (Wildman–Crippen LogP) is 1.89. The van der Waals surface area contributed by atoms with E-state index in [9.17, 15) is 0 Å². The molecule has 1 aliphatic heterocycles. The van der Waals surface area contributed by atoms with Crippen LogP contribution in [0.5, 0.6) is 5.75 Å². The van der Waals surface area contributed by atoms with Gasteiger partial charge < -0.3 is 19.7 Å². The Labute approximate surface area is 122 Å². The normalized spacial score (nSPS) is 20.3. The van der Waals surface area contributed by atoms with Crippen molar-refractivity contribution in [3.8, 4) is 5.75 Å². The van der Waals surface area contributed by atoms with Crippen molar-refractivity contribution in [1.29, 1.82) is 0 Å². The van der Waals surface area contributed by atoms with Crippen LogP contribution >= 0.6 is 0 Å². The highest BCUT2D eigenvalue weighted by Gasteiger charge is 2.18. The second kappa shape index (κ2) is 7.62. The van der Waals surface area contributed by atoms with E-state index in [1.54, 1.807) is 0 Å². The number of ether oxygens (including phenoxy) is 2. The van der Waals surface area contributed by atoms with Gasteiger partial charge in [-0.15, -0.1) is 0 Å². The maximum absolute atomic E-state index is 5.80. The third-order valence-electron chi connectivity index (χ3n) is 3.42. The van der Waals surface area contributed by atoms with Crippen molar-refractivity contribution in [3.05, 3.63) is 29.8 Å². The Kier molecular flexibility index (Phi) is 5.83. The summed E-state index contributed by atoms with van der Waals surface area (Å²) in [6.07, 6.45) is 0.177. The third kappa shape index (κ3) is 5.12. The Morgan fingerprint density at radius 1 is 1.35 bits per heavy atom. The number of nitrogens with zero attached hydrogens (tertiary/aromatic N) is 1. The molecule has 1 fully saturated rings. The zero-order valence-electron chi connectivity index (χ0n) is 12.8. The summed E-state index contributed by atoms with van der Waals surface area (Å²) in [7, 11) is 2.12. The van der Waals surface area contributed by atoms with Gasteiger partial charge in [-0.1, -0.05) is 26.0 Å². The molecule has 1 aromatic carbocycles. The van der Waals surface area contributed by atoms with Crippen LogP contribution in [0.3, 0.4) is 0 Å². The SMILES string of the molecule is CC(C)NCc1ccc(OCC2CN(C)CCO2)cc1. The molecular weight excluding hydrogens is 252 g/mol. The van der Waals surface area contributed by atoms with E-state index in [1.165, 1.54) is 5.56 Å². The summed E-state index contributed by atoms with van der Waals surface area (Å²) in [4.78, 5) is 2.28. The van der Waals surface area contributed by atoms with Crippen LogP contribution in [0.15, 0.2) is 24.3 Å². The van der Waals surface area contributed by atoms with Gasteiger partial charge in [0.1, 0.15) is 18.5 Å². The minimum atomic E-state index is 0.177. The molecule has 0 spiro atoms. The first kappa shape index (κ1) is 15.3. The Bertz CT molecular complexity index is 392. The fourth-order valence-electron chi connectivity index (χ4n) is 2.18. The summed E-state index contributed by atoms with van der Waals surface area (Å²) >= 11 is 0. The molecule has 1 N–H and O–H groups in total. The molecule has 1 heterocycles. The van der Waals surface area contributed by atoms with Crippen LogP contribution in [-0.4, -0.2) is 50.4 Å². The zero-order valence-corrected chi connectivity index (χ0v) is 12.8. The highest BCUT2D eigenvalue weighted by atomic mass is 16.5. The number of hydrogen-bond donors (Lipinski definition) is 1. The van der Waals surface area contributed by atoms with Crippen molar-refractivity contribution in [3.63, 3.8) is 0 Å². The van der Waals surface area contributed by atoms with E-state index >= 15 is 0 Å². The van der Waals surface area contributed by atoms with E-state index in [0.717, 1.165) is 32.0 Å². The lowest BCUT2D eigenvalue weighted by molar-refractivity contribution is -0.0403. The van der Waals surface area contributed by atoms with E-state index < -0.39 is 0 Å². The highest BCUT2D eigenvalue weighted by Crippen LogP contribution is 2.14. The largest absolute Gasteiger partial charge is 0.491 e. The first-order valence-corrected chi connectivity index (χ1v) is 7.39. The molecule has 0 radical (unpaired) electrons. The van der Waals surface area contributed by atoms with Gasteiger partial charge in [0.2, 0.25) is 0 Å². The number of rotatable bonds is 6. The van der Waals surface area contributed by atoms with Crippen molar-refractivity contribution < 1.29 is 9.47 Å². The maximum Gasteiger partial charge on any atom is 0.119 e. The molecule has 0 bridgehead atoms. The third-order valence-corrected chi connectivity index (χ3v) is 3.42. The lowest BCUT2D eigenvalue weighted by Gasteiger charge is -2.29. The maximum atomic E-state index is 5.80. The highest BCUT2D eigenvalue weighted by molar-refractivity contribution is 5.27. The van der Waals surface area contributed by atoms with Gasteiger partial charge in [0.15, 0.2) is 0 Å². The Morgan fingerprint density at radius 3 is 2.75 bits per heavy atom. The fourth-order valence-corrected chi connectivity index (χ4v) is 2.18. The van der Waals surface area contributed by atoms with E-state index in [-0.39, 0.29) is 6.10 Å². The number of nitrogens with one attached hydrogen (secondary N) is 1. The smallest absolute Gasteiger partial charge is 0.119 e. The topological polar surface area (TPSA) is 33.7 Å². The molecule has 2 rings (SSSR count). The average Bonchev–Trinajstić information content (AvgIpc) is 2.44. The molecule has 112 valence electrons. The number of likely N-dealkylation sites (N-methyl/N-ethyl adjacent to an activating group) is 1. The Hall–Kier alpha value is -1.10. The van der Waals surface area contributed by atoms with Crippen molar-refractivity contribution in [2.45, 2.75) is 32.5 Å². The van der Waals surface area contributed by atoms with E-state index in [4.69, 9.17) is 9.47 Å². The van der Waals surface area contributed by atoms with Gasteiger partial charge in [0, 0.05) is 25.7 Å². The molecule has 1 saturated heterocycles. The summed E-state index contributed by atoms with van der Waals surface area (Å²) in [5.74, 6) is 0.912. The van der Waals surface area contributed by atoms with Crippen LogP contribution in [0.25, 0.3) is 0 Å². The van der Waals surface area contributed by atoms with Crippen LogP contribution in [0.4, 0.5) is 0 Å². The standard InChI is InChI=1S/C16H26N2O2/c1-13(2)17-10-14-4-6-15(7-5-14)20-12-16-11-18(3)8-9-19-16/h4-7,13,16-17H,8-12H2,1-3H3. The Balaban J connectivity index is 1.75. The first-order valence-electron chi connectivity index (χ1n) is 7.39. The van der Waals surface area contributed by atoms with Crippen LogP contribution in [0.1, 0.15) is 19.4 Å². The summed E-state index contributed by atoms with van der Waals surface area (Å²) in [5, 5.41) is 3.40. The summed E-state index contributed by atoms with van der Waals surface area (Å²) in [6.45, 7) is 8.56. The minimum Gasteiger partial charge on any atom is -0.491 e. The van der Waals surface area contributed by atoms with Crippen molar-refractivity contribution >= 4 is 0 Å². The van der Waals surface area contributed by atoms with Crippen LogP contribution in [0, 0.1) is 0 Å². The van der Waals surface area contributed by atoms with Crippen LogP contribution in [-0.2, 0) is 11.3 Å². The molecular formula is C16H26N2O2. The lowest BCUT2D eigenvalue weighted by atomic mass is 10.2. The van der Waals surface area contributed by atoms with Gasteiger partial charge in [-0.3, -0.25) is 0 Å². The van der Waals surface area contributed by atoms with Gasteiger partial charge in [-0.05, 0) is 24.7 Å². The van der Waals surface area contributed by atoms with Gasteiger partial charge in [0.05, 0.1) is 6.61 Å². The van der Waals surface area contributed by atoms with E-state index in [2.05, 4.69) is 43.2 Å². The molecule has 0 saturated carbocycles. The number of hydrogen-bond acceptors (Lipinski definition) is 4. The van der Waals surface area contributed by atoms with E-state index in [1.807, 2.05) is 12.1 Å². The second-order valence-corrected chi connectivity index (χ2v) is 5.75. The number of benzene rings is 1. The summed E-state index contributed by atoms with van der Waals surface area (Å²) < 4.78 is 11.5. The average molecular weight is 278 g/mol. The molecule has 0 amide bonds. The van der Waals surface area contributed by atoms with Crippen LogP contribution in [0.2, 0.25) is 0 Å². The molecule has 20 heavy (non-hydrogen) atoms. The van der Waals surface area contributed by atoms with Gasteiger partial charge in [-0.2, -0.15) is 0 Å². The number of morpholine rings is 1. The monoisotopic (exact) mass is 278 g/mol. The minimum absolute atomic E-state index is 0.177. The molecule has 1 atom stereocenters. The first-order chi connectivity index (χ1) is 9.63. The molecule has 4 heteroatoms. The van der Waals surface area contributed by atoms with Gasteiger partial charge in [0.25, 0.3) is 0 Å². The van der Waals surface area contributed by atoms with Crippen LogP contribution < -0.4 is 10.1 Å². The Morgan fingerprint density at radius 2 is 2.10 bits per heavy atom. The summed E-state index contributed by atoms with van der Waals surface area (Å²) in [5.41, 5.74) is 1.28. The summed E-state index contributed by atoms with van der Waals surface area (Å²) in [6, 6.07) is 8.79. The quantitative estimate of drug-likeness (QED) is 0.861. The van der Waals surface area contributed by atoms with Gasteiger partial charge >= 0.3 is 0 Å². The zero-order chi connectivity index (χ0) is 14.4. The molecule has 0 aliphatic carbocycles.